The van der Waals surface area contributed by atoms with Crippen LogP contribution in [-0.4, -0.2) is 26.3 Å². The van der Waals surface area contributed by atoms with Gasteiger partial charge in [-0.3, -0.25) is 4.79 Å². The van der Waals surface area contributed by atoms with Crippen LogP contribution in [0.4, 0.5) is 5.95 Å². The Kier molecular flexibility index (Phi) is 3.79. The normalized spacial score (nSPS) is 22.9. The number of aromatic nitrogens is 3. The van der Waals surface area contributed by atoms with E-state index in [1.165, 1.54) is 0 Å². The van der Waals surface area contributed by atoms with Crippen molar-refractivity contribution in [3.8, 4) is 11.4 Å². The van der Waals surface area contributed by atoms with E-state index in [2.05, 4.69) is 26.0 Å². The van der Waals surface area contributed by atoms with Gasteiger partial charge in [-0.15, -0.1) is 5.10 Å². The number of aliphatic imine (C=N–C) groups is 1. The van der Waals surface area contributed by atoms with Gasteiger partial charge in [0.25, 0.3) is 0 Å². The van der Waals surface area contributed by atoms with Crippen molar-refractivity contribution in [2.75, 3.05) is 0 Å². The number of ketones is 1. The van der Waals surface area contributed by atoms with Crippen LogP contribution in [0.5, 0.6) is 0 Å². The molecule has 2 aliphatic rings. The summed E-state index contributed by atoms with van der Waals surface area (Å²) in [6, 6.07) is 19.8. The Hall–Kier alpha value is -3.08. The third-order valence-corrected chi connectivity index (χ3v) is 5.63. The quantitative estimate of drug-likeness (QED) is 0.661. The third-order valence-electron chi connectivity index (χ3n) is 5.63. The van der Waals surface area contributed by atoms with Gasteiger partial charge in [0.15, 0.2) is 5.82 Å². The van der Waals surface area contributed by atoms with Crippen LogP contribution < -0.4 is 0 Å². The smallest absolute Gasteiger partial charge is 0.248 e. The molecule has 2 heterocycles. The SMILES string of the molecule is CC1(C)CC(=O)C2C(=Nc3nc(-c4ccccc4)nn3C2c2ccccc2)C1. The van der Waals surface area contributed by atoms with E-state index in [1.54, 1.807) is 0 Å². The number of rotatable bonds is 2. The highest BCUT2D eigenvalue weighted by Gasteiger charge is 2.46. The summed E-state index contributed by atoms with van der Waals surface area (Å²) in [6.45, 7) is 4.27. The molecule has 3 aromatic rings. The fraction of sp³-hybridized carbons (Fsp3) is 0.304. The van der Waals surface area contributed by atoms with Gasteiger partial charge < -0.3 is 0 Å². The zero-order chi connectivity index (χ0) is 19.3. The van der Waals surface area contributed by atoms with E-state index in [0.717, 1.165) is 23.3 Å². The zero-order valence-corrected chi connectivity index (χ0v) is 16.0. The summed E-state index contributed by atoms with van der Waals surface area (Å²) in [5.41, 5.74) is 2.89. The van der Waals surface area contributed by atoms with Gasteiger partial charge in [-0.05, 0) is 17.4 Å². The first kappa shape index (κ1) is 17.0. The van der Waals surface area contributed by atoms with Gasteiger partial charge in [-0.1, -0.05) is 74.5 Å². The number of hydrogen-bond donors (Lipinski definition) is 0. The summed E-state index contributed by atoms with van der Waals surface area (Å²) in [6.07, 6.45) is 1.37. The number of Topliss-reactive ketones (excluding diaryl/α,β-unsaturated/α-hetero) is 1. The van der Waals surface area contributed by atoms with Crippen LogP contribution in [0.3, 0.4) is 0 Å². The molecule has 1 fully saturated rings. The Bertz CT molecular complexity index is 1070. The first-order chi connectivity index (χ1) is 13.5. The summed E-state index contributed by atoms with van der Waals surface area (Å²) < 4.78 is 1.85. The molecule has 2 aromatic carbocycles. The van der Waals surface area contributed by atoms with Crippen LogP contribution >= 0.6 is 0 Å². The van der Waals surface area contributed by atoms with Crippen LogP contribution in [0, 0.1) is 11.3 Å². The molecule has 2 unspecified atom stereocenters. The van der Waals surface area contributed by atoms with Crippen LogP contribution in [0.25, 0.3) is 11.4 Å². The molecular formula is C23H22N4O. The second kappa shape index (κ2) is 6.23. The van der Waals surface area contributed by atoms with E-state index in [0.29, 0.717) is 18.2 Å². The lowest BCUT2D eigenvalue weighted by atomic mass is 9.67. The molecule has 5 nitrogen and oxygen atoms in total. The van der Waals surface area contributed by atoms with Crippen molar-refractivity contribution in [2.24, 2.45) is 16.3 Å². The predicted molar refractivity (Wildman–Crippen MR) is 109 cm³/mol. The van der Waals surface area contributed by atoms with Gasteiger partial charge in [0.2, 0.25) is 5.95 Å². The first-order valence-electron chi connectivity index (χ1n) is 9.69. The minimum atomic E-state index is -0.270. The summed E-state index contributed by atoms with van der Waals surface area (Å²) in [7, 11) is 0. The van der Waals surface area contributed by atoms with Gasteiger partial charge in [0.1, 0.15) is 5.78 Å². The van der Waals surface area contributed by atoms with Crippen molar-refractivity contribution in [2.45, 2.75) is 32.7 Å². The van der Waals surface area contributed by atoms with Crippen LogP contribution in [0.1, 0.15) is 38.3 Å². The molecule has 5 rings (SSSR count). The molecule has 0 spiro atoms. The van der Waals surface area contributed by atoms with Gasteiger partial charge in [0, 0.05) is 17.7 Å². The molecule has 0 N–H and O–H groups in total. The van der Waals surface area contributed by atoms with E-state index in [9.17, 15) is 4.79 Å². The predicted octanol–water partition coefficient (Wildman–Crippen LogP) is 4.63. The Morgan fingerprint density at radius 3 is 2.36 bits per heavy atom. The average molecular weight is 370 g/mol. The number of nitrogens with zero attached hydrogens (tertiary/aromatic N) is 4. The molecule has 0 radical (unpaired) electrons. The van der Waals surface area contributed by atoms with E-state index in [-0.39, 0.29) is 23.2 Å². The summed E-state index contributed by atoms with van der Waals surface area (Å²) in [5.74, 6) is 1.20. The van der Waals surface area contributed by atoms with Crippen molar-refractivity contribution in [1.29, 1.82) is 0 Å². The molecule has 140 valence electrons. The maximum absolute atomic E-state index is 13.2. The maximum atomic E-state index is 13.2. The molecule has 1 aliphatic carbocycles. The molecule has 1 saturated carbocycles. The lowest BCUT2D eigenvalue weighted by Gasteiger charge is -2.40. The molecule has 0 bridgehead atoms. The largest absolute Gasteiger partial charge is 0.299 e. The second-order valence-electron chi connectivity index (χ2n) is 8.47. The Morgan fingerprint density at radius 2 is 1.64 bits per heavy atom. The highest BCUT2D eigenvalue weighted by molar-refractivity contribution is 6.09. The van der Waals surface area contributed by atoms with E-state index in [1.807, 2.05) is 53.2 Å². The van der Waals surface area contributed by atoms with Crippen LogP contribution in [-0.2, 0) is 4.79 Å². The van der Waals surface area contributed by atoms with Crippen molar-refractivity contribution < 1.29 is 4.79 Å². The molecule has 2 atom stereocenters. The fourth-order valence-corrected chi connectivity index (χ4v) is 4.44. The molecule has 0 amide bonds. The van der Waals surface area contributed by atoms with Gasteiger partial charge >= 0.3 is 0 Å². The fourth-order valence-electron chi connectivity index (χ4n) is 4.44. The molecule has 0 saturated heterocycles. The van der Waals surface area contributed by atoms with E-state index >= 15 is 0 Å². The van der Waals surface area contributed by atoms with E-state index in [4.69, 9.17) is 15.1 Å². The van der Waals surface area contributed by atoms with E-state index < -0.39 is 0 Å². The minimum Gasteiger partial charge on any atom is -0.299 e. The summed E-state index contributed by atoms with van der Waals surface area (Å²) in [4.78, 5) is 22.7. The number of benzene rings is 2. The number of carbonyl (C=O) groups is 1. The highest BCUT2D eigenvalue weighted by atomic mass is 16.1. The Morgan fingerprint density at radius 1 is 0.964 bits per heavy atom. The van der Waals surface area contributed by atoms with Gasteiger partial charge in [0.05, 0.1) is 12.0 Å². The topological polar surface area (TPSA) is 60.1 Å². The van der Waals surface area contributed by atoms with Crippen LogP contribution in [0.15, 0.2) is 65.7 Å². The monoisotopic (exact) mass is 370 g/mol. The number of carbonyl (C=O) groups excluding carboxylic acids is 1. The summed E-state index contributed by atoms with van der Waals surface area (Å²) >= 11 is 0. The zero-order valence-electron chi connectivity index (χ0n) is 16.0. The maximum Gasteiger partial charge on any atom is 0.248 e. The molecule has 28 heavy (non-hydrogen) atoms. The average Bonchev–Trinajstić information content (AvgIpc) is 3.10. The van der Waals surface area contributed by atoms with Crippen molar-refractivity contribution >= 4 is 17.4 Å². The highest BCUT2D eigenvalue weighted by Crippen LogP contribution is 2.45. The number of hydrogen-bond acceptors (Lipinski definition) is 4. The Labute approximate surface area is 164 Å². The number of fused-ring (bicyclic) bond motifs is 2. The van der Waals surface area contributed by atoms with Crippen molar-refractivity contribution in [3.63, 3.8) is 0 Å². The van der Waals surface area contributed by atoms with Gasteiger partial charge in [-0.25, -0.2) is 9.67 Å². The lowest BCUT2D eigenvalue weighted by molar-refractivity contribution is -0.124. The second-order valence-corrected chi connectivity index (χ2v) is 8.47. The Balaban J connectivity index is 1.69. The van der Waals surface area contributed by atoms with Gasteiger partial charge in [-0.2, -0.15) is 4.98 Å². The molecule has 1 aromatic heterocycles. The van der Waals surface area contributed by atoms with Crippen molar-refractivity contribution in [1.82, 2.24) is 14.8 Å². The first-order valence-corrected chi connectivity index (χ1v) is 9.69. The summed E-state index contributed by atoms with van der Waals surface area (Å²) in [5, 5.41) is 4.79. The molecule has 1 aliphatic heterocycles. The lowest BCUT2D eigenvalue weighted by Crippen LogP contribution is -2.44. The standard InChI is InChI=1S/C23H22N4O/c1-23(2)13-17-19(18(28)14-23)20(15-9-5-3-6-10-15)27-22(24-17)25-21(26-27)16-11-7-4-8-12-16/h3-12,19-20H,13-14H2,1-2H3. The molecule has 5 heteroatoms. The van der Waals surface area contributed by atoms with Crippen molar-refractivity contribution in [3.05, 3.63) is 66.2 Å². The molecular weight excluding hydrogens is 348 g/mol. The third kappa shape index (κ3) is 2.78. The van der Waals surface area contributed by atoms with Crippen LogP contribution in [0.2, 0.25) is 0 Å². The minimum absolute atomic E-state index is 0.0713.